The molecule has 1 aliphatic heterocycles. The molecule has 1 saturated heterocycles. The number of halogens is 3. The van der Waals surface area contributed by atoms with Crippen LogP contribution in [0.15, 0.2) is 48.7 Å². The third-order valence-electron chi connectivity index (χ3n) is 4.30. The molecular formula is C18H20F3N3O3S. The molecule has 1 atom stereocenters. The number of nitrogens with one attached hydrogen (secondary N) is 1. The molecule has 0 saturated carbocycles. The zero-order valence-electron chi connectivity index (χ0n) is 14.9. The average Bonchev–Trinajstić information content (AvgIpc) is 3.09. The largest absolute Gasteiger partial charge is 0.492 e. The second-order valence-electron chi connectivity index (χ2n) is 6.43. The number of nitrogens with zero attached hydrogens (tertiary/aromatic N) is 2. The van der Waals surface area contributed by atoms with E-state index >= 15 is 0 Å². The fourth-order valence-corrected chi connectivity index (χ4v) is 4.03. The van der Waals surface area contributed by atoms with Gasteiger partial charge in [-0.2, -0.15) is 13.2 Å². The Labute approximate surface area is 161 Å². The zero-order valence-corrected chi connectivity index (χ0v) is 15.7. The number of alkyl halides is 3. The van der Waals surface area contributed by atoms with E-state index in [0.717, 1.165) is 12.3 Å². The van der Waals surface area contributed by atoms with Gasteiger partial charge in [-0.3, -0.25) is 0 Å². The summed E-state index contributed by atoms with van der Waals surface area (Å²) in [7, 11) is -3.54. The van der Waals surface area contributed by atoms with Crippen molar-refractivity contribution in [1.82, 2.24) is 9.71 Å². The molecule has 1 aliphatic rings. The molecule has 28 heavy (non-hydrogen) atoms. The fraction of sp³-hybridized carbons (Fsp3) is 0.389. The number of ether oxygens (including phenoxy) is 1. The predicted molar refractivity (Wildman–Crippen MR) is 98.7 cm³/mol. The van der Waals surface area contributed by atoms with Gasteiger partial charge in [-0.1, -0.05) is 18.2 Å². The summed E-state index contributed by atoms with van der Waals surface area (Å²) in [6, 6.07) is 10.9. The van der Waals surface area contributed by atoms with Gasteiger partial charge in [0, 0.05) is 25.3 Å². The molecule has 0 amide bonds. The number of aromatic nitrogens is 1. The number of pyridine rings is 1. The van der Waals surface area contributed by atoms with Crippen LogP contribution in [0.2, 0.25) is 0 Å². The van der Waals surface area contributed by atoms with Crippen molar-refractivity contribution in [2.75, 3.05) is 30.3 Å². The van der Waals surface area contributed by atoms with Crippen molar-refractivity contribution >= 4 is 15.8 Å². The van der Waals surface area contributed by atoms with E-state index in [0.29, 0.717) is 31.1 Å². The molecule has 1 N–H and O–H groups in total. The lowest BCUT2D eigenvalue weighted by Crippen LogP contribution is -2.39. The van der Waals surface area contributed by atoms with Gasteiger partial charge in [0.05, 0.1) is 11.3 Å². The Morgan fingerprint density at radius 2 is 1.93 bits per heavy atom. The van der Waals surface area contributed by atoms with Crippen LogP contribution in [0.5, 0.6) is 5.75 Å². The SMILES string of the molecule is O=S(=O)(CCOc1ccccc1)NC1CCN(c2ccc(C(F)(F)F)cn2)C1. The Morgan fingerprint density at radius 3 is 2.57 bits per heavy atom. The van der Waals surface area contributed by atoms with Crippen LogP contribution >= 0.6 is 0 Å². The quantitative estimate of drug-likeness (QED) is 0.753. The summed E-state index contributed by atoms with van der Waals surface area (Å²) in [5.41, 5.74) is -0.814. The first-order valence-electron chi connectivity index (χ1n) is 8.69. The maximum Gasteiger partial charge on any atom is 0.417 e. The zero-order chi connectivity index (χ0) is 20.2. The topological polar surface area (TPSA) is 71.5 Å². The van der Waals surface area contributed by atoms with Crippen molar-refractivity contribution in [1.29, 1.82) is 0 Å². The number of hydrogen-bond donors (Lipinski definition) is 1. The van der Waals surface area contributed by atoms with Gasteiger partial charge in [-0.15, -0.1) is 0 Å². The molecule has 6 nitrogen and oxygen atoms in total. The molecule has 2 aromatic rings. The average molecular weight is 415 g/mol. The molecule has 2 heterocycles. The van der Waals surface area contributed by atoms with E-state index in [9.17, 15) is 21.6 Å². The van der Waals surface area contributed by atoms with Crippen LogP contribution in [-0.4, -0.2) is 44.9 Å². The number of hydrogen-bond acceptors (Lipinski definition) is 5. The Kier molecular flexibility index (Phi) is 6.09. The van der Waals surface area contributed by atoms with E-state index < -0.39 is 21.8 Å². The summed E-state index contributed by atoms with van der Waals surface area (Å²) in [5, 5.41) is 0. The van der Waals surface area contributed by atoms with E-state index in [4.69, 9.17) is 4.74 Å². The summed E-state index contributed by atoms with van der Waals surface area (Å²) >= 11 is 0. The number of para-hydroxylation sites is 1. The first kappa shape index (κ1) is 20.4. The number of benzene rings is 1. The van der Waals surface area contributed by atoms with E-state index in [2.05, 4.69) is 9.71 Å². The highest BCUT2D eigenvalue weighted by atomic mass is 32.2. The molecule has 0 bridgehead atoms. The molecule has 1 aromatic carbocycles. The van der Waals surface area contributed by atoms with Gasteiger partial charge < -0.3 is 9.64 Å². The Balaban J connectivity index is 1.49. The minimum absolute atomic E-state index is 0.0240. The third kappa shape index (κ3) is 5.59. The van der Waals surface area contributed by atoms with Crippen LogP contribution in [0.4, 0.5) is 19.0 Å². The van der Waals surface area contributed by atoms with Crippen molar-refractivity contribution in [3.05, 3.63) is 54.2 Å². The van der Waals surface area contributed by atoms with Crippen LogP contribution < -0.4 is 14.4 Å². The maximum absolute atomic E-state index is 12.6. The van der Waals surface area contributed by atoms with E-state index in [1.165, 1.54) is 6.07 Å². The smallest absolute Gasteiger partial charge is 0.417 e. The van der Waals surface area contributed by atoms with Crippen LogP contribution in [-0.2, 0) is 16.2 Å². The third-order valence-corrected chi connectivity index (χ3v) is 5.69. The number of anilines is 1. The highest BCUT2D eigenvalue weighted by molar-refractivity contribution is 7.89. The molecule has 0 radical (unpaired) electrons. The molecule has 152 valence electrons. The van der Waals surface area contributed by atoms with Crippen molar-refractivity contribution in [3.8, 4) is 5.75 Å². The van der Waals surface area contributed by atoms with Crippen LogP contribution in [0.25, 0.3) is 0 Å². The van der Waals surface area contributed by atoms with Gasteiger partial charge >= 0.3 is 6.18 Å². The standard InChI is InChI=1S/C18H20F3N3O3S/c19-18(20,21)14-6-7-17(22-12-14)24-9-8-15(13-24)23-28(25,26)11-10-27-16-4-2-1-3-5-16/h1-7,12,15,23H,8-11,13H2. The van der Waals surface area contributed by atoms with Crippen molar-refractivity contribution in [3.63, 3.8) is 0 Å². The maximum atomic E-state index is 12.6. The van der Waals surface area contributed by atoms with Crippen LogP contribution in [0.3, 0.4) is 0 Å². The molecular weight excluding hydrogens is 395 g/mol. The van der Waals surface area contributed by atoms with E-state index in [-0.39, 0.29) is 18.4 Å². The molecule has 0 spiro atoms. The van der Waals surface area contributed by atoms with Gasteiger partial charge in [0.15, 0.2) is 0 Å². The molecule has 1 aromatic heterocycles. The monoisotopic (exact) mass is 415 g/mol. The minimum Gasteiger partial charge on any atom is -0.492 e. The summed E-state index contributed by atoms with van der Waals surface area (Å²) < 4.78 is 70.3. The van der Waals surface area contributed by atoms with Crippen molar-refractivity contribution in [2.24, 2.45) is 0 Å². The highest BCUT2D eigenvalue weighted by Crippen LogP contribution is 2.29. The fourth-order valence-electron chi connectivity index (χ4n) is 2.90. The highest BCUT2D eigenvalue weighted by Gasteiger charge is 2.32. The predicted octanol–water partition coefficient (Wildman–Crippen LogP) is 2.68. The lowest BCUT2D eigenvalue weighted by atomic mass is 10.3. The molecule has 1 unspecified atom stereocenters. The summed E-state index contributed by atoms with van der Waals surface area (Å²) in [4.78, 5) is 5.61. The van der Waals surface area contributed by atoms with Gasteiger partial charge in [0.1, 0.15) is 18.2 Å². The molecule has 0 aliphatic carbocycles. The minimum atomic E-state index is -4.43. The molecule has 10 heteroatoms. The van der Waals surface area contributed by atoms with E-state index in [1.54, 1.807) is 29.2 Å². The first-order chi connectivity index (χ1) is 13.2. The molecule has 3 rings (SSSR count). The first-order valence-corrected chi connectivity index (χ1v) is 10.3. The van der Waals surface area contributed by atoms with Crippen molar-refractivity contribution < 1.29 is 26.3 Å². The van der Waals surface area contributed by atoms with Gasteiger partial charge in [-0.25, -0.2) is 18.1 Å². The lowest BCUT2D eigenvalue weighted by Gasteiger charge is -2.18. The van der Waals surface area contributed by atoms with Crippen LogP contribution in [0.1, 0.15) is 12.0 Å². The summed E-state index contributed by atoms with van der Waals surface area (Å²) in [6.45, 7) is 0.874. The van der Waals surface area contributed by atoms with E-state index in [1.807, 2.05) is 6.07 Å². The second-order valence-corrected chi connectivity index (χ2v) is 8.31. The molecule has 1 fully saturated rings. The number of rotatable bonds is 7. The summed E-state index contributed by atoms with van der Waals surface area (Å²) in [6.07, 6.45) is -3.11. The Morgan fingerprint density at radius 1 is 1.18 bits per heavy atom. The van der Waals surface area contributed by atoms with Gasteiger partial charge in [0.2, 0.25) is 10.0 Å². The normalized spacial score (nSPS) is 17.7. The van der Waals surface area contributed by atoms with Crippen molar-refractivity contribution in [2.45, 2.75) is 18.6 Å². The Bertz CT molecular complexity index is 874. The Hall–Kier alpha value is -2.33. The lowest BCUT2D eigenvalue weighted by molar-refractivity contribution is -0.137. The second kappa shape index (κ2) is 8.36. The summed E-state index contributed by atoms with van der Waals surface area (Å²) in [5.74, 6) is 0.803. The van der Waals surface area contributed by atoms with Gasteiger partial charge in [-0.05, 0) is 30.7 Å². The number of sulfonamides is 1. The van der Waals surface area contributed by atoms with Gasteiger partial charge in [0.25, 0.3) is 0 Å². The van der Waals surface area contributed by atoms with Crippen LogP contribution in [0, 0.1) is 0 Å².